The van der Waals surface area contributed by atoms with Crippen LogP contribution in [0.2, 0.25) is 0 Å². The molecule has 0 fully saturated rings. The van der Waals surface area contributed by atoms with Crippen LogP contribution in [-0.4, -0.2) is 18.5 Å². The molecule has 86 valence electrons. The Kier molecular flexibility index (Phi) is 3.60. The summed E-state index contributed by atoms with van der Waals surface area (Å²) in [5.74, 6) is 1.51. The third kappa shape index (κ3) is 2.84. The largest absolute Gasteiger partial charge is 0.479 e. The van der Waals surface area contributed by atoms with Gasteiger partial charge < -0.3 is 4.74 Å². The van der Waals surface area contributed by atoms with Crippen molar-refractivity contribution in [3.63, 3.8) is 0 Å². The van der Waals surface area contributed by atoms with Gasteiger partial charge in [0.2, 0.25) is 0 Å². The summed E-state index contributed by atoms with van der Waals surface area (Å²) in [6, 6.07) is 10.9. The SMILES string of the molecule is CC(C)C1COC(CCc2ccccc2)=N1. The fourth-order valence-electron chi connectivity index (χ4n) is 1.82. The molecule has 2 nitrogen and oxygen atoms in total. The Morgan fingerprint density at radius 3 is 2.62 bits per heavy atom. The zero-order chi connectivity index (χ0) is 11.4. The molecule has 2 heteroatoms. The van der Waals surface area contributed by atoms with Crippen LogP contribution in [0.5, 0.6) is 0 Å². The molecule has 2 rings (SSSR count). The van der Waals surface area contributed by atoms with Gasteiger partial charge in [-0.05, 0) is 17.9 Å². The molecule has 0 aromatic heterocycles. The van der Waals surface area contributed by atoms with Gasteiger partial charge in [0.15, 0.2) is 5.90 Å². The first-order valence-electron chi connectivity index (χ1n) is 5.99. The van der Waals surface area contributed by atoms with Crippen LogP contribution in [-0.2, 0) is 11.2 Å². The first-order valence-corrected chi connectivity index (χ1v) is 5.99. The second-order valence-electron chi connectivity index (χ2n) is 4.63. The van der Waals surface area contributed by atoms with Gasteiger partial charge in [0.1, 0.15) is 6.61 Å². The number of hydrogen-bond donors (Lipinski definition) is 0. The second-order valence-corrected chi connectivity index (χ2v) is 4.63. The van der Waals surface area contributed by atoms with Crippen LogP contribution in [0.3, 0.4) is 0 Å². The Morgan fingerprint density at radius 1 is 1.25 bits per heavy atom. The molecule has 0 saturated carbocycles. The van der Waals surface area contributed by atoms with Crippen molar-refractivity contribution in [2.45, 2.75) is 32.7 Å². The van der Waals surface area contributed by atoms with E-state index < -0.39 is 0 Å². The zero-order valence-corrected chi connectivity index (χ0v) is 10.0. The highest BCUT2D eigenvalue weighted by Crippen LogP contribution is 2.16. The predicted molar refractivity (Wildman–Crippen MR) is 66.8 cm³/mol. The summed E-state index contributed by atoms with van der Waals surface area (Å²) in [4.78, 5) is 4.60. The number of aliphatic imine (C=N–C) groups is 1. The van der Waals surface area contributed by atoms with Gasteiger partial charge in [-0.2, -0.15) is 0 Å². The lowest BCUT2D eigenvalue weighted by Crippen LogP contribution is -2.13. The minimum absolute atomic E-state index is 0.366. The van der Waals surface area contributed by atoms with Crippen LogP contribution >= 0.6 is 0 Å². The molecule has 1 unspecified atom stereocenters. The molecule has 0 saturated heterocycles. The first-order chi connectivity index (χ1) is 7.75. The molecule has 0 spiro atoms. The number of hydrogen-bond acceptors (Lipinski definition) is 2. The molecular weight excluding hydrogens is 198 g/mol. The first kappa shape index (κ1) is 11.2. The van der Waals surface area contributed by atoms with E-state index in [2.05, 4.69) is 43.1 Å². The summed E-state index contributed by atoms with van der Waals surface area (Å²) in [6.07, 6.45) is 1.94. The Bertz CT molecular complexity index is 356. The van der Waals surface area contributed by atoms with E-state index in [9.17, 15) is 0 Å². The molecule has 1 atom stereocenters. The highest BCUT2D eigenvalue weighted by atomic mass is 16.5. The van der Waals surface area contributed by atoms with Crippen molar-refractivity contribution in [1.29, 1.82) is 0 Å². The number of nitrogens with zero attached hydrogens (tertiary/aromatic N) is 1. The van der Waals surface area contributed by atoms with Crippen LogP contribution < -0.4 is 0 Å². The van der Waals surface area contributed by atoms with E-state index >= 15 is 0 Å². The lowest BCUT2D eigenvalue weighted by atomic mass is 10.1. The molecular formula is C14H19NO. The Labute approximate surface area is 97.4 Å². The number of aryl methyl sites for hydroxylation is 1. The van der Waals surface area contributed by atoms with E-state index in [-0.39, 0.29) is 0 Å². The van der Waals surface area contributed by atoms with E-state index in [4.69, 9.17) is 4.74 Å². The highest BCUT2D eigenvalue weighted by molar-refractivity contribution is 5.77. The van der Waals surface area contributed by atoms with Crippen LogP contribution in [0.15, 0.2) is 35.3 Å². The molecule has 0 bridgehead atoms. The van der Waals surface area contributed by atoms with Gasteiger partial charge in [-0.1, -0.05) is 44.2 Å². The smallest absolute Gasteiger partial charge is 0.183 e. The van der Waals surface area contributed by atoms with Crippen LogP contribution in [0.25, 0.3) is 0 Å². The quantitative estimate of drug-likeness (QED) is 0.759. The van der Waals surface area contributed by atoms with E-state index in [1.54, 1.807) is 0 Å². The lowest BCUT2D eigenvalue weighted by Gasteiger charge is -2.06. The van der Waals surface area contributed by atoms with Crippen LogP contribution in [0.4, 0.5) is 0 Å². The number of ether oxygens (including phenoxy) is 1. The summed E-state index contributed by atoms with van der Waals surface area (Å²) < 4.78 is 5.60. The van der Waals surface area contributed by atoms with Gasteiger partial charge in [0.25, 0.3) is 0 Å². The molecule has 1 heterocycles. The van der Waals surface area contributed by atoms with Gasteiger partial charge in [-0.25, -0.2) is 4.99 Å². The maximum Gasteiger partial charge on any atom is 0.183 e. The van der Waals surface area contributed by atoms with Crippen LogP contribution in [0, 0.1) is 5.92 Å². The molecule has 0 aliphatic carbocycles. The molecule has 1 aromatic carbocycles. The van der Waals surface area contributed by atoms with Crippen molar-refractivity contribution in [3.05, 3.63) is 35.9 Å². The van der Waals surface area contributed by atoms with Gasteiger partial charge in [0, 0.05) is 6.42 Å². The van der Waals surface area contributed by atoms with Crippen molar-refractivity contribution in [1.82, 2.24) is 0 Å². The standard InChI is InChI=1S/C14H19NO/c1-11(2)13-10-16-14(15-13)9-8-12-6-4-3-5-7-12/h3-7,11,13H,8-10H2,1-2H3. The molecule has 0 radical (unpaired) electrons. The minimum Gasteiger partial charge on any atom is -0.479 e. The Balaban J connectivity index is 1.86. The van der Waals surface area contributed by atoms with Gasteiger partial charge >= 0.3 is 0 Å². The average molecular weight is 217 g/mol. The predicted octanol–water partition coefficient (Wildman–Crippen LogP) is 3.07. The van der Waals surface area contributed by atoms with Gasteiger partial charge in [0.05, 0.1) is 6.04 Å². The monoisotopic (exact) mass is 217 g/mol. The molecule has 16 heavy (non-hydrogen) atoms. The maximum absolute atomic E-state index is 5.60. The molecule has 1 aliphatic rings. The summed E-state index contributed by atoms with van der Waals surface area (Å²) in [6.45, 7) is 5.15. The molecule has 1 aromatic rings. The van der Waals surface area contributed by atoms with Crippen molar-refractivity contribution < 1.29 is 4.74 Å². The fourth-order valence-corrected chi connectivity index (χ4v) is 1.82. The van der Waals surface area contributed by atoms with Crippen LogP contribution in [0.1, 0.15) is 25.8 Å². The van der Waals surface area contributed by atoms with Gasteiger partial charge in [-0.3, -0.25) is 0 Å². The Morgan fingerprint density at radius 2 is 2.00 bits per heavy atom. The Hall–Kier alpha value is -1.31. The van der Waals surface area contributed by atoms with Gasteiger partial charge in [-0.15, -0.1) is 0 Å². The summed E-state index contributed by atoms with van der Waals surface area (Å²) in [5, 5.41) is 0. The third-order valence-electron chi connectivity index (χ3n) is 2.97. The van der Waals surface area contributed by atoms with E-state index in [1.807, 2.05) is 6.07 Å². The third-order valence-corrected chi connectivity index (χ3v) is 2.97. The van der Waals surface area contributed by atoms with Crippen molar-refractivity contribution in [2.75, 3.05) is 6.61 Å². The maximum atomic E-state index is 5.60. The molecule has 1 aliphatic heterocycles. The number of benzene rings is 1. The van der Waals surface area contributed by atoms with Crippen molar-refractivity contribution >= 4 is 5.90 Å². The van der Waals surface area contributed by atoms with Crippen molar-refractivity contribution in [3.8, 4) is 0 Å². The minimum atomic E-state index is 0.366. The summed E-state index contributed by atoms with van der Waals surface area (Å²) >= 11 is 0. The fraction of sp³-hybridized carbons (Fsp3) is 0.500. The highest BCUT2D eigenvalue weighted by Gasteiger charge is 2.21. The lowest BCUT2D eigenvalue weighted by molar-refractivity contribution is 0.286. The zero-order valence-electron chi connectivity index (χ0n) is 10.0. The normalized spacial score (nSPS) is 19.7. The van der Waals surface area contributed by atoms with E-state index in [1.165, 1.54) is 5.56 Å². The summed E-state index contributed by atoms with van der Waals surface area (Å²) in [7, 11) is 0. The average Bonchev–Trinajstić information content (AvgIpc) is 2.76. The topological polar surface area (TPSA) is 21.6 Å². The van der Waals surface area contributed by atoms with Crippen molar-refractivity contribution in [2.24, 2.45) is 10.9 Å². The summed E-state index contributed by atoms with van der Waals surface area (Å²) in [5.41, 5.74) is 1.35. The number of rotatable bonds is 4. The van der Waals surface area contributed by atoms with E-state index in [0.717, 1.165) is 25.3 Å². The second kappa shape index (κ2) is 5.15. The molecule has 0 N–H and O–H groups in total. The van der Waals surface area contributed by atoms with E-state index in [0.29, 0.717) is 12.0 Å². The molecule has 0 amide bonds.